The largest absolute Gasteiger partial charge is 0.388 e. The maximum atomic E-state index is 12.1. The van der Waals surface area contributed by atoms with Gasteiger partial charge in [0, 0.05) is 30.2 Å². The first kappa shape index (κ1) is 12.9. The van der Waals surface area contributed by atoms with Crippen LogP contribution in [0.25, 0.3) is 5.69 Å². The average Bonchev–Trinajstić information content (AvgIpc) is 2.97. The summed E-state index contributed by atoms with van der Waals surface area (Å²) >= 11 is 0. The molecule has 0 atom stereocenters. The molecule has 3 rings (SSSR count). The maximum absolute atomic E-state index is 12.1. The highest BCUT2D eigenvalue weighted by molar-refractivity contribution is 5.94. The van der Waals surface area contributed by atoms with Crippen LogP contribution in [-0.4, -0.2) is 27.7 Å². The normalized spacial score (nSPS) is 16.4. The standard InChI is InChI=1S/C16H18N2O2/c19-15(17-12-16(20)7-4-8-16)13-5-3-6-14(11-13)18-9-1-2-10-18/h1-3,5-6,9-11,20H,4,7-8,12H2,(H,17,19). The molecule has 0 saturated heterocycles. The second-order valence-electron chi connectivity index (χ2n) is 5.40. The molecule has 1 aliphatic carbocycles. The van der Waals surface area contributed by atoms with E-state index in [0.717, 1.165) is 24.9 Å². The van der Waals surface area contributed by atoms with Gasteiger partial charge in [0.15, 0.2) is 0 Å². The van der Waals surface area contributed by atoms with Gasteiger partial charge in [0.25, 0.3) is 5.91 Å². The Kier molecular flexibility index (Phi) is 3.32. The summed E-state index contributed by atoms with van der Waals surface area (Å²) in [6, 6.07) is 11.3. The lowest BCUT2D eigenvalue weighted by Crippen LogP contribution is -2.47. The highest BCUT2D eigenvalue weighted by Crippen LogP contribution is 2.30. The minimum Gasteiger partial charge on any atom is -0.388 e. The molecule has 1 fully saturated rings. The topological polar surface area (TPSA) is 54.3 Å². The van der Waals surface area contributed by atoms with Crippen LogP contribution < -0.4 is 5.32 Å². The second kappa shape index (κ2) is 5.13. The second-order valence-corrected chi connectivity index (χ2v) is 5.40. The van der Waals surface area contributed by atoms with Gasteiger partial charge in [-0.2, -0.15) is 0 Å². The highest BCUT2D eigenvalue weighted by atomic mass is 16.3. The summed E-state index contributed by atoms with van der Waals surface area (Å²) in [6.07, 6.45) is 6.46. The van der Waals surface area contributed by atoms with Gasteiger partial charge < -0.3 is 15.0 Å². The van der Waals surface area contributed by atoms with Crippen molar-refractivity contribution < 1.29 is 9.90 Å². The number of hydrogen-bond donors (Lipinski definition) is 2. The van der Waals surface area contributed by atoms with Crippen molar-refractivity contribution in [1.82, 2.24) is 9.88 Å². The summed E-state index contributed by atoms with van der Waals surface area (Å²) in [5, 5.41) is 12.8. The molecule has 104 valence electrons. The first-order valence-corrected chi connectivity index (χ1v) is 6.90. The van der Waals surface area contributed by atoms with Crippen molar-refractivity contribution in [3.05, 3.63) is 54.4 Å². The number of aromatic nitrogens is 1. The van der Waals surface area contributed by atoms with Crippen molar-refractivity contribution in [1.29, 1.82) is 0 Å². The van der Waals surface area contributed by atoms with Crippen LogP contribution in [0.2, 0.25) is 0 Å². The van der Waals surface area contributed by atoms with E-state index in [1.54, 1.807) is 6.07 Å². The molecule has 2 aromatic rings. The van der Waals surface area contributed by atoms with E-state index in [4.69, 9.17) is 0 Å². The van der Waals surface area contributed by atoms with Gasteiger partial charge in [-0.25, -0.2) is 0 Å². The zero-order chi connectivity index (χ0) is 14.0. The molecule has 1 aromatic heterocycles. The third-order valence-corrected chi connectivity index (χ3v) is 3.87. The lowest BCUT2D eigenvalue weighted by Gasteiger charge is -2.36. The van der Waals surface area contributed by atoms with Crippen molar-refractivity contribution in [2.45, 2.75) is 24.9 Å². The Hall–Kier alpha value is -2.07. The molecule has 1 aromatic carbocycles. The number of aliphatic hydroxyl groups is 1. The monoisotopic (exact) mass is 270 g/mol. The van der Waals surface area contributed by atoms with Crippen LogP contribution in [0.4, 0.5) is 0 Å². The van der Waals surface area contributed by atoms with Gasteiger partial charge in [0.05, 0.1) is 5.60 Å². The van der Waals surface area contributed by atoms with Gasteiger partial charge in [-0.3, -0.25) is 4.79 Å². The van der Waals surface area contributed by atoms with E-state index < -0.39 is 5.60 Å². The van der Waals surface area contributed by atoms with Crippen molar-refractivity contribution in [3.8, 4) is 5.69 Å². The molecule has 1 saturated carbocycles. The van der Waals surface area contributed by atoms with Crippen LogP contribution in [0, 0.1) is 0 Å². The van der Waals surface area contributed by atoms with Crippen LogP contribution in [0.3, 0.4) is 0 Å². The van der Waals surface area contributed by atoms with Gasteiger partial charge in [-0.1, -0.05) is 6.07 Å². The molecule has 0 spiro atoms. The first-order chi connectivity index (χ1) is 9.66. The smallest absolute Gasteiger partial charge is 0.251 e. The summed E-state index contributed by atoms with van der Waals surface area (Å²) in [5.74, 6) is -0.140. The van der Waals surface area contributed by atoms with Crippen LogP contribution in [0.15, 0.2) is 48.8 Å². The number of rotatable bonds is 4. The summed E-state index contributed by atoms with van der Waals surface area (Å²) in [6.45, 7) is 0.333. The Morgan fingerprint density at radius 3 is 2.65 bits per heavy atom. The number of hydrogen-bond acceptors (Lipinski definition) is 2. The number of benzene rings is 1. The molecular formula is C16H18N2O2. The lowest BCUT2D eigenvalue weighted by atomic mass is 9.80. The molecule has 0 radical (unpaired) electrons. The van der Waals surface area contributed by atoms with Crippen molar-refractivity contribution in [2.24, 2.45) is 0 Å². The lowest BCUT2D eigenvalue weighted by molar-refractivity contribution is -0.0300. The van der Waals surface area contributed by atoms with Crippen LogP contribution in [0.5, 0.6) is 0 Å². The third-order valence-electron chi connectivity index (χ3n) is 3.87. The van der Waals surface area contributed by atoms with E-state index >= 15 is 0 Å². The van der Waals surface area contributed by atoms with E-state index in [-0.39, 0.29) is 5.91 Å². The van der Waals surface area contributed by atoms with Crippen LogP contribution >= 0.6 is 0 Å². The molecule has 4 nitrogen and oxygen atoms in total. The Balaban J connectivity index is 1.70. The van der Waals surface area contributed by atoms with E-state index in [1.165, 1.54) is 0 Å². The third kappa shape index (κ3) is 2.60. The number of carbonyl (C=O) groups excluding carboxylic acids is 1. The van der Waals surface area contributed by atoms with Gasteiger partial charge >= 0.3 is 0 Å². The minimum atomic E-state index is -0.687. The Morgan fingerprint density at radius 2 is 2.00 bits per heavy atom. The molecule has 1 heterocycles. The van der Waals surface area contributed by atoms with E-state index in [9.17, 15) is 9.90 Å². The molecule has 20 heavy (non-hydrogen) atoms. The number of nitrogens with one attached hydrogen (secondary N) is 1. The molecular weight excluding hydrogens is 252 g/mol. The zero-order valence-corrected chi connectivity index (χ0v) is 11.2. The summed E-state index contributed by atoms with van der Waals surface area (Å²) in [7, 11) is 0. The minimum absolute atomic E-state index is 0.140. The molecule has 0 unspecified atom stereocenters. The SMILES string of the molecule is O=C(NCC1(O)CCC1)c1cccc(-n2cccc2)c1. The maximum Gasteiger partial charge on any atom is 0.251 e. The molecule has 2 N–H and O–H groups in total. The fourth-order valence-corrected chi connectivity index (χ4v) is 2.42. The molecule has 1 amide bonds. The predicted molar refractivity (Wildman–Crippen MR) is 76.9 cm³/mol. The van der Waals surface area contributed by atoms with Gasteiger partial charge in [-0.15, -0.1) is 0 Å². The van der Waals surface area contributed by atoms with Crippen LogP contribution in [-0.2, 0) is 0 Å². The van der Waals surface area contributed by atoms with Gasteiger partial charge in [0.1, 0.15) is 0 Å². The Bertz CT molecular complexity index is 601. The number of nitrogens with zero attached hydrogens (tertiary/aromatic N) is 1. The fourth-order valence-electron chi connectivity index (χ4n) is 2.42. The van der Waals surface area contributed by atoms with Crippen molar-refractivity contribution in [3.63, 3.8) is 0 Å². The van der Waals surface area contributed by atoms with E-state index in [2.05, 4.69) is 5.32 Å². The van der Waals surface area contributed by atoms with Crippen LogP contribution in [0.1, 0.15) is 29.6 Å². The highest BCUT2D eigenvalue weighted by Gasteiger charge is 2.34. The quantitative estimate of drug-likeness (QED) is 0.894. The van der Waals surface area contributed by atoms with Crippen molar-refractivity contribution in [2.75, 3.05) is 6.54 Å². The predicted octanol–water partition coefficient (Wildman–Crippen LogP) is 2.12. The van der Waals surface area contributed by atoms with Crippen molar-refractivity contribution >= 4 is 5.91 Å². The summed E-state index contributed by atoms with van der Waals surface area (Å²) < 4.78 is 1.95. The summed E-state index contributed by atoms with van der Waals surface area (Å²) in [5.41, 5.74) is 0.873. The van der Waals surface area contributed by atoms with E-state index in [1.807, 2.05) is 47.3 Å². The molecule has 4 heteroatoms. The summed E-state index contributed by atoms with van der Waals surface area (Å²) in [4.78, 5) is 12.1. The Morgan fingerprint density at radius 1 is 1.25 bits per heavy atom. The zero-order valence-electron chi connectivity index (χ0n) is 11.2. The first-order valence-electron chi connectivity index (χ1n) is 6.90. The molecule has 0 aliphatic heterocycles. The fraction of sp³-hybridized carbons (Fsp3) is 0.312. The molecule has 0 bridgehead atoms. The van der Waals surface area contributed by atoms with Gasteiger partial charge in [0.2, 0.25) is 0 Å². The average molecular weight is 270 g/mol. The number of amides is 1. The van der Waals surface area contributed by atoms with E-state index in [0.29, 0.717) is 12.1 Å². The Labute approximate surface area is 118 Å². The van der Waals surface area contributed by atoms with Gasteiger partial charge in [-0.05, 0) is 49.6 Å². The molecule has 1 aliphatic rings. The number of carbonyl (C=O) groups is 1.